The Morgan fingerprint density at radius 1 is 1.42 bits per heavy atom. The molecule has 0 saturated carbocycles. The minimum Gasteiger partial charge on any atom is -0.356 e. The van der Waals surface area contributed by atoms with Crippen molar-refractivity contribution in [3.05, 3.63) is 16.1 Å². The fourth-order valence-corrected chi connectivity index (χ4v) is 2.49. The van der Waals surface area contributed by atoms with Gasteiger partial charge in [-0.2, -0.15) is 0 Å². The van der Waals surface area contributed by atoms with Gasteiger partial charge in [-0.1, -0.05) is 20.8 Å². The van der Waals surface area contributed by atoms with E-state index in [2.05, 4.69) is 41.4 Å². The molecule has 0 bridgehead atoms. The van der Waals surface area contributed by atoms with Crippen LogP contribution >= 0.6 is 11.3 Å². The third-order valence-electron chi connectivity index (χ3n) is 2.83. The summed E-state index contributed by atoms with van der Waals surface area (Å²) in [4.78, 5) is 9.93. The van der Waals surface area contributed by atoms with Crippen LogP contribution in [-0.4, -0.2) is 24.5 Å². The number of nitrogens with one attached hydrogen (secondary N) is 2. The summed E-state index contributed by atoms with van der Waals surface area (Å²) >= 11 is 1.76. The molecule has 2 N–H and O–H groups in total. The van der Waals surface area contributed by atoms with Crippen LogP contribution in [0.2, 0.25) is 0 Å². The Bertz CT molecular complexity index is 385. The average Bonchev–Trinajstić information content (AvgIpc) is 2.85. The quantitative estimate of drug-likeness (QED) is 0.459. The third kappa shape index (κ3) is 6.57. The molecule has 0 fully saturated rings. The fraction of sp³-hybridized carbons (Fsp3) is 0.714. The highest BCUT2D eigenvalue weighted by Gasteiger charge is 2.02. The van der Waals surface area contributed by atoms with Crippen LogP contribution in [0.5, 0.6) is 0 Å². The highest BCUT2D eigenvalue weighted by Crippen LogP contribution is 2.12. The molecule has 0 saturated heterocycles. The zero-order valence-corrected chi connectivity index (χ0v) is 13.3. The van der Waals surface area contributed by atoms with Gasteiger partial charge < -0.3 is 10.6 Å². The van der Waals surface area contributed by atoms with Crippen molar-refractivity contribution >= 4 is 17.3 Å². The standard InChI is InChI=1S/C14H26N4S/c1-5-12-9-17-13(19-12)10-18-14(15-4)16-8-6-7-11(2)3/h9,11H,5-8,10H2,1-4H3,(H2,15,16,18). The Morgan fingerprint density at radius 3 is 2.79 bits per heavy atom. The Balaban J connectivity index is 2.25. The Kier molecular flexibility index (Phi) is 7.48. The smallest absolute Gasteiger partial charge is 0.191 e. The van der Waals surface area contributed by atoms with Crippen LogP contribution in [0.3, 0.4) is 0 Å². The molecule has 1 aromatic rings. The molecule has 0 unspecified atom stereocenters. The van der Waals surface area contributed by atoms with Gasteiger partial charge in [0.1, 0.15) is 5.01 Å². The van der Waals surface area contributed by atoms with Crippen molar-refractivity contribution in [1.82, 2.24) is 15.6 Å². The van der Waals surface area contributed by atoms with Crippen molar-refractivity contribution in [3.63, 3.8) is 0 Å². The molecular formula is C14H26N4S. The number of rotatable bonds is 7. The predicted molar refractivity (Wildman–Crippen MR) is 83.8 cm³/mol. The van der Waals surface area contributed by atoms with Gasteiger partial charge >= 0.3 is 0 Å². The number of thiazole rings is 1. The summed E-state index contributed by atoms with van der Waals surface area (Å²) in [7, 11) is 1.80. The van der Waals surface area contributed by atoms with Crippen molar-refractivity contribution in [2.45, 2.75) is 46.6 Å². The molecule has 1 heterocycles. The fourth-order valence-electron chi connectivity index (χ4n) is 1.69. The number of nitrogens with zero attached hydrogens (tertiary/aromatic N) is 2. The van der Waals surface area contributed by atoms with Crippen molar-refractivity contribution < 1.29 is 0 Å². The average molecular weight is 282 g/mol. The van der Waals surface area contributed by atoms with Gasteiger partial charge in [-0.25, -0.2) is 4.98 Å². The number of hydrogen-bond donors (Lipinski definition) is 2. The molecule has 5 heteroatoms. The number of hydrogen-bond acceptors (Lipinski definition) is 3. The van der Waals surface area contributed by atoms with E-state index in [0.717, 1.165) is 36.4 Å². The van der Waals surface area contributed by atoms with Crippen molar-refractivity contribution in [2.24, 2.45) is 10.9 Å². The van der Waals surface area contributed by atoms with Gasteiger partial charge in [0.15, 0.2) is 5.96 Å². The normalized spacial score (nSPS) is 11.9. The maximum Gasteiger partial charge on any atom is 0.191 e. The van der Waals surface area contributed by atoms with E-state index in [-0.39, 0.29) is 0 Å². The summed E-state index contributed by atoms with van der Waals surface area (Å²) in [5.41, 5.74) is 0. The van der Waals surface area contributed by atoms with E-state index >= 15 is 0 Å². The lowest BCUT2D eigenvalue weighted by Crippen LogP contribution is -2.37. The van der Waals surface area contributed by atoms with Crippen LogP contribution in [0.1, 0.15) is 43.5 Å². The number of guanidine groups is 1. The lowest BCUT2D eigenvalue weighted by atomic mass is 10.1. The van der Waals surface area contributed by atoms with Crippen LogP contribution in [0.15, 0.2) is 11.2 Å². The molecule has 0 aliphatic rings. The summed E-state index contributed by atoms with van der Waals surface area (Å²) in [6, 6.07) is 0. The molecule has 19 heavy (non-hydrogen) atoms. The van der Waals surface area contributed by atoms with E-state index in [1.807, 2.05) is 6.20 Å². The van der Waals surface area contributed by atoms with E-state index in [1.165, 1.54) is 17.7 Å². The summed E-state index contributed by atoms with van der Waals surface area (Å²) < 4.78 is 0. The first-order valence-corrected chi connectivity index (χ1v) is 7.85. The molecule has 0 aliphatic carbocycles. The second-order valence-corrected chi connectivity index (χ2v) is 6.16. The molecule has 0 spiro atoms. The zero-order valence-electron chi connectivity index (χ0n) is 12.5. The van der Waals surface area contributed by atoms with E-state index in [1.54, 1.807) is 18.4 Å². The molecular weight excluding hydrogens is 256 g/mol. The van der Waals surface area contributed by atoms with Gasteiger partial charge in [-0.3, -0.25) is 4.99 Å². The number of aryl methyl sites for hydroxylation is 1. The van der Waals surface area contributed by atoms with Gasteiger partial charge in [0, 0.05) is 24.7 Å². The molecule has 108 valence electrons. The summed E-state index contributed by atoms with van der Waals surface area (Å²) in [6.45, 7) is 8.37. The first kappa shape index (κ1) is 16.0. The Morgan fingerprint density at radius 2 is 2.21 bits per heavy atom. The molecule has 0 amide bonds. The second kappa shape index (κ2) is 8.91. The Hall–Kier alpha value is -1.10. The maximum atomic E-state index is 4.39. The molecule has 0 atom stereocenters. The van der Waals surface area contributed by atoms with E-state index < -0.39 is 0 Å². The van der Waals surface area contributed by atoms with Crippen LogP contribution in [0.25, 0.3) is 0 Å². The monoisotopic (exact) mass is 282 g/mol. The first-order valence-electron chi connectivity index (χ1n) is 7.03. The summed E-state index contributed by atoms with van der Waals surface area (Å²) in [6.07, 6.45) is 5.44. The predicted octanol–water partition coefficient (Wildman–Crippen LogP) is 2.81. The highest BCUT2D eigenvalue weighted by molar-refractivity contribution is 7.11. The van der Waals surface area contributed by atoms with Crippen molar-refractivity contribution in [3.8, 4) is 0 Å². The SMILES string of the molecule is CCc1cnc(CNC(=NC)NCCCC(C)C)s1. The first-order chi connectivity index (χ1) is 9.15. The third-order valence-corrected chi connectivity index (χ3v) is 3.97. The maximum absolute atomic E-state index is 4.39. The second-order valence-electron chi connectivity index (χ2n) is 4.96. The van der Waals surface area contributed by atoms with Gasteiger partial charge in [0.05, 0.1) is 6.54 Å². The molecule has 1 aromatic heterocycles. The molecule has 4 nitrogen and oxygen atoms in total. The lowest BCUT2D eigenvalue weighted by Gasteiger charge is -2.11. The highest BCUT2D eigenvalue weighted by atomic mass is 32.1. The summed E-state index contributed by atoms with van der Waals surface area (Å²) in [5, 5.41) is 7.74. The minimum atomic E-state index is 0.745. The number of aliphatic imine (C=N–C) groups is 1. The van der Waals surface area contributed by atoms with Gasteiger partial charge in [0.2, 0.25) is 0 Å². The van der Waals surface area contributed by atoms with E-state index in [4.69, 9.17) is 0 Å². The van der Waals surface area contributed by atoms with Crippen molar-refractivity contribution in [2.75, 3.05) is 13.6 Å². The molecule has 1 rings (SSSR count). The van der Waals surface area contributed by atoms with Crippen LogP contribution < -0.4 is 10.6 Å². The lowest BCUT2D eigenvalue weighted by molar-refractivity contribution is 0.549. The summed E-state index contributed by atoms with van der Waals surface area (Å²) in [5.74, 6) is 1.62. The molecule has 0 aliphatic heterocycles. The zero-order chi connectivity index (χ0) is 14.1. The van der Waals surface area contributed by atoms with Crippen LogP contribution in [0.4, 0.5) is 0 Å². The van der Waals surface area contributed by atoms with Gasteiger partial charge in [-0.15, -0.1) is 11.3 Å². The molecule has 0 aromatic carbocycles. The number of aromatic nitrogens is 1. The Labute approximate surface area is 120 Å². The minimum absolute atomic E-state index is 0.745. The molecule has 0 radical (unpaired) electrons. The van der Waals surface area contributed by atoms with Gasteiger partial charge in [0.25, 0.3) is 0 Å². The van der Waals surface area contributed by atoms with E-state index in [0.29, 0.717) is 0 Å². The van der Waals surface area contributed by atoms with Crippen molar-refractivity contribution in [1.29, 1.82) is 0 Å². The largest absolute Gasteiger partial charge is 0.356 e. The van der Waals surface area contributed by atoms with Gasteiger partial charge in [-0.05, 0) is 25.2 Å². The topological polar surface area (TPSA) is 49.3 Å². The van der Waals surface area contributed by atoms with Crippen LogP contribution in [0, 0.1) is 5.92 Å². The van der Waals surface area contributed by atoms with Crippen LogP contribution in [-0.2, 0) is 13.0 Å². The van der Waals surface area contributed by atoms with E-state index in [9.17, 15) is 0 Å².